The van der Waals surface area contributed by atoms with Gasteiger partial charge in [0.05, 0.1) is 6.54 Å². The zero-order chi connectivity index (χ0) is 7.98. The van der Waals surface area contributed by atoms with E-state index < -0.39 is 6.09 Å². The van der Waals surface area contributed by atoms with Crippen molar-refractivity contribution in [3.63, 3.8) is 0 Å². The molecule has 0 atom stereocenters. The van der Waals surface area contributed by atoms with Crippen LogP contribution in [0.15, 0.2) is 0 Å². The molecule has 0 aromatic rings. The summed E-state index contributed by atoms with van der Waals surface area (Å²) in [6.45, 7) is 2.23. The number of carbonyl (C=O) groups is 1. The first-order valence-corrected chi connectivity index (χ1v) is 3.37. The Morgan fingerprint density at radius 3 is 2.50 bits per heavy atom. The van der Waals surface area contributed by atoms with Crippen molar-refractivity contribution in [3.05, 3.63) is 0 Å². The van der Waals surface area contributed by atoms with Crippen LogP contribution in [0.4, 0.5) is 4.79 Å². The molecule has 0 saturated heterocycles. The maximum absolute atomic E-state index is 9.97. The van der Waals surface area contributed by atoms with Crippen molar-refractivity contribution in [2.45, 2.75) is 26.2 Å². The van der Waals surface area contributed by atoms with Crippen LogP contribution in [-0.4, -0.2) is 28.0 Å². The summed E-state index contributed by atoms with van der Waals surface area (Å²) in [5, 5.41) is 17.1. The molecular formula is C6H13NO3. The highest BCUT2D eigenvalue weighted by atomic mass is 16.6. The summed E-state index contributed by atoms with van der Waals surface area (Å²) in [6, 6.07) is 0. The molecule has 10 heavy (non-hydrogen) atoms. The molecule has 0 aromatic carbocycles. The van der Waals surface area contributed by atoms with E-state index in [4.69, 9.17) is 10.3 Å². The second-order valence-electron chi connectivity index (χ2n) is 2.11. The van der Waals surface area contributed by atoms with Gasteiger partial charge in [0, 0.05) is 0 Å². The van der Waals surface area contributed by atoms with Gasteiger partial charge in [-0.2, -0.15) is 5.06 Å². The van der Waals surface area contributed by atoms with E-state index in [1.807, 2.05) is 6.92 Å². The van der Waals surface area contributed by atoms with Crippen molar-refractivity contribution in [2.24, 2.45) is 0 Å². The summed E-state index contributed by atoms with van der Waals surface area (Å²) in [5.74, 6) is 0. The number of amides is 1. The standard InChI is InChI=1S/C6H13NO3/c1-2-3-4-5-7(10)6(8)9/h10H,2-5H2,1H3,(H,8,9). The van der Waals surface area contributed by atoms with Gasteiger partial charge < -0.3 is 5.11 Å². The molecule has 0 rings (SSSR count). The van der Waals surface area contributed by atoms with E-state index in [0.717, 1.165) is 19.3 Å². The summed E-state index contributed by atoms with van der Waals surface area (Å²) >= 11 is 0. The highest BCUT2D eigenvalue weighted by Crippen LogP contribution is 1.95. The second-order valence-corrected chi connectivity index (χ2v) is 2.11. The predicted molar refractivity (Wildman–Crippen MR) is 36.0 cm³/mol. The summed E-state index contributed by atoms with van der Waals surface area (Å²) in [4.78, 5) is 9.97. The zero-order valence-corrected chi connectivity index (χ0v) is 6.08. The highest BCUT2D eigenvalue weighted by molar-refractivity contribution is 5.63. The summed E-state index contributed by atoms with van der Waals surface area (Å²) < 4.78 is 0. The van der Waals surface area contributed by atoms with Gasteiger partial charge in [-0.15, -0.1) is 0 Å². The quantitative estimate of drug-likeness (QED) is 0.360. The average Bonchev–Trinajstić information content (AvgIpc) is 1.88. The molecule has 0 bridgehead atoms. The van der Waals surface area contributed by atoms with Crippen LogP contribution >= 0.6 is 0 Å². The number of nitrogens with zero attached hydrogens (tertiary/aromatic N) is 1. The van der Waals surface area contributed by atoms with E-state index in [0.29, 0.717) is 5.06 Å². The molecule has 2 N–H and O–H groups in total. The maximum Gasteiger partial charge on any atom is 0.431 e. The third-order valence-corrected chi connectivity index (χ3v) is 1.19. The summed E-state index contributed by atoms with van der Waals surface area (Å²) in [7, 11) is 0. The zero-order valence-electron chi connectivity index (χ0n) is 6.08. The van der Waals surface area contributed by atoms with Crippen LogP contribution in [0.1, 0.15) is 26.2 Å². The van der Waals surface area contributed by atoms with E-state index in [2.05, 4.69) is 0 Å². The third-order valence-electron chi connectivity index (χ3n) is 1.19. The van der Waals surface area contributed by atoms with Crippen molar-refractivity contribution in [3.8, 4) is 0 Å². The molecule has 0 aliphatic heterocycles. The number of hydrogen-bond donors (Lipinski definition) is 2. The number of rotatable bonds is 4. The number of unbranched alkanes of at least 4 members (excludes halogenated alkanes) is 2. The minimum absolute atomic E-state index is 0.211. The minimum Gasteiger partial charge on any atom is -0.463 e. The maximum atomic E-state index is 9.97. The lowest BCUT2D eigenvalue weighted by Crippen LogP contribution is -2.26. The Hall–Kier alpha value is -0.770. The SMILES string of the molecule is CCCCCN(O)C(=O)O. The monoisotopic (exact) mass is 147 g/mol. The van der Waals surface area contributed by atoms with E-state index in [9.17, 15) is 4.79 Å². The van der Waals surface area contributed by atoms with Gasteiger partial charge in [-0.05, 0) is 6.42 Å². The van der Waals surface area contributed by atoms with Crippen LogP contribution in [0.5, 0.6) is 0 Å². The number of carboxylic acid groups (broad SMARTS) is 1. The van der Waals surface area contributed by atoms with Gasteiger partial charge in [0.1, 0.15) is 0 Å². The van der Waals surface area contributed by atoms with Crippen molar-refractivity contribution < 1.29 is 15.1 Å². The Morgan fingerprint density at radius 1 is 1.50 bits per heavy atom. The lowest BCUT2D eigenvalue weighted by Gasteiger charge is -2.08. The first-order valence-electron chi connectivity index (χ1n) is 3.37. The average molecular weight is 147 g/mol. The first kappa shape index (κ1) is 9.23. The molecule has 1 amide bonds. The van der Waals surface area contributed by atoms with E-state index in [1.165, 1.54) is 0 Å². The van der Waals surface area contributed by atoms with Crippen molar-refractivity contribution in [2.75, 3.05) is 6.54 Å². The van der Waals surface area contributed by atoms with Gasteiger partial charge in [-0.1, -0.05) is 19.8 Å². The molecule has 0 fully saturated rings. The lowest BCUT2D eigenvalue weighted by atomic mass is 10.2. The Labute approximate surface area is 60.0 Å². The number of hydroxylamine groups is 2. The molecule has 0 unspecified atom stereocenters. The molecule has 4 nitrogen and oxygen atoms in total. The Bertz CT molecular complexity index is 105. The summed E-state index contributed by atoms with van der Waals surface area (Å²) in [6.07, 6.45) is 1.41. The summed E-state index contributed by atoms with van der Waals surface area (Å²) in [5.41, 5.74) is 0. The Morgan fingerprint density at radius 2 is 2.10 bits per heavy atom. The van der Waals surface area contributed by atoms with E-state index >= 15 is 0 Å². The van der Waals surface area contributed by atoms with Gasteiger partial charge >= 0.3 is 6.09 Å². The van der Waals surface area contributed by atoms with Gasteiger partial charge in [0.15, 0.2) is 0 Å². The van der Waals surface area contributed by atoms with Crippen LogP contribution < -0.4 is 0 Å². The van der Waals surface area contributed by atoms with Crippen molar-refractivity contribution >= 4 is 6.09 Å². The molecule has 0 heterocycles. The minimum atomic E-state index is -1.28. The Balaban J connectivity index is 3.21. The molecule has 0 aliphatic rings. The molecule has 4 heteroatoms. The number of hydrogen-bond acceptors (Lipinski definition) is 2. The van der Waals surface area contributed by atoms with Gasteiger partial charge in [-0.25, -0.2) is 4.79 Å². The first-order chi connectivity index (χ1) is 4.68. The fraction of sp³-hybridized carbons (Fsp3) is 0.833. The van der Waals surface area contributed by atoms with Gasteiger partial charge in [0.2, 0.25) is 0 Å². The van der Waals surface area contributed by atoms with Crippen molar-refractivity contribution in [1.29, 1.82) is 0 Å². The normalized spacial score (nSPS) is 9.40. The largest absolute Gasteiger partial charge is 0.463 e. The fourth-order valence-corrected chi connectivity index (χ4v) is 0.607. The molecule has 60 valence electrons. The van der Waals surface area contributed by atoms with E-state index in [-0.39, 0.29) is 6.54 Å². The van der Waals surface area contributed by atoms with Crippen molar-refractivity contribution in [1.82, 2.24) is 5.06 Å². The smallest absolute Gasteiger partial charge is 0.431 e. The van der Waals surface area contributed by atoms with Gasteiger partial charge in [-0.3, -0.25) is 5.21 Å². The molecule has 0 aliphatic carbocycles. The molecule has 0 spiro atoms. The lowest BCUT2D eigenvalue weighted by molar-refractivity contribution is -0.0644. The molecule has 0 saturated carbocycles. The topological polar surface area (TPSA) is 60.8 Å². The van der Waals surface area contributed by atoms with Crippen LogP contribution in [0.3, 0.4) is 0 Å². The van der Waals surface area contributed by atoms with Crippen LogP contribution in [0.25, 0.3) is 0 Å². The van der Waals surface area contributed by atoms with E-state index in [1.54, 1.807) is 0 Å². The van der Waals surface area contributed by atoms with Crippen LogP contribution in [0, 0.1) is 0 Å². The fourth-order valence-electron chi connectivity index (χ4n) is 0.607. The van der Waals surface area contributed by atoms with Crippen LogP contribution in [0.2, 0.25) is 0 Å². The molecular weight excluding hydrogens is 134 g/mol. The highest BCUT2D eigenvalue weighted by Gasteiger charge is 2.04. The molecule has 0 aromatic heterocycles. The third kappa shape index (κ3) is 4.14. The molecule has 0 radical (unpaired) electrons. The van der Waals surface area contributed by atoms with Crippen LogP contribution in [-0.2, 0) is 0 Å². The van der Waals surface area contributed by atoms with Gasteiger partial charge in [0.25, 0.3) is 0 Å². The predicted octanol–water partition coefficient (Wildman–Crippen LogP) is 1.55. The second kappa shape index (κ2) is 5.05. The Kier molecular flexibility index (Phi) is 4.66.